The van der Waals surface area contributed by atoms with E-state index in [0.29, 0.717) is 17.6 Å². The van der Waals surface area contributed by atoms with Crippen LogP contribution in [0.1, 0.15) is 21.5 Å². The summed E-state index contributed by atoms with van der Waals surface area (Å²) in [6.45, 7) is 0.479. The molecule has 0 saturated heterocycles. The number of halogens is 4. The molecule has 0 atom stereocenters. The second-order valence-corrected chi connectivity index (χ2v) is 8.12. The van der Waals surface area contributed by atoms with E-state index >= 15 is 0 Å². The van der Waals surface area contributed by atoms with Crippen molar-refractivity contribution in [2.45, 2.75) is 19.3 Å². The molecule has 0 aliphatic heterocycles. The van der Waals surface area contributed by atoms with Crippen molar-refractivity contribution in [3.8, 4) is 0 Å². The number of rotatable bonds is 6. The molecule has 0 spiro atoms. The molecule has 11 heteroatoms. The van der Waals surface area contributed by atoms with Gasteiger partial charge in [0.25, 0.3) is 11.5 Å². The van der Waals surface area contributed by atoms with Gasteiger partial charge in [-0.3, -0.25) is 14.2 Å². The number of amides is 1. The van der Waals surface area contributed by atoms with Crippen molar-refractivity contribution in [1.82, 2.24) is 24.6 Å². The van der Waals surface area contributed by atoms with Gasteiger partial charge in [0, 0.05) is 11.0 Å². The van der Waals surface area contributed by atoms with E-state index in [1.54, 1.807) is 0 Å². The van der Waals surface area contributed by atoms with Gasteiger partial charge in [-0.2, -0.15) is 18.3 Å². The maximum absolute atomic E-state index is 13.1. The first-order valence-corrected chi connectivity index (χ1v) is 10.6. The highest BCUT2D eigenvalue weighted by atomic mass is 79.9. The molecule has 0 aliphatic rings. The van der Waals surface area contributed by atoms with Crippen LogP contribution in [0.5, 0.6) is 0 Å². The number of carbonyl (C=O) groups is 1. The Morgan fingerprint density at radius 2 is 1.82 bits per heavy atom. The molecule has 2 heterocycles. The van der Waals surface area contributed by atoms with Gasteiger partial charge < -0.3 is 5.32 Å². The summed E-state index contributed by atoms with van der Waals surface area (Å²) in [4.78, 5) is 29.4. The van der Waals surface area contributed by atoms with Gasteiger partial charge in [0.15, 0.2) is 5.65 Å². The van der Waals surface area contributed by atoms with E-state index in [9.17, 15) is 22.8 Å². The van der Waals surface area contributed by atoms with Gasteiger partial charge in [-0.05, 0) is 29.8 Å². The third-order valence-corrected chi connectivity index (χ3v) is 5.50. The lowest BCUT2D eigenvalue weighted by atomic mass is 10.1. The lowest BCUT2D eigenvalue weighted by molar-refractivity contribution is -0.137. The molecule has 0 aliphatic carbocycles. The van der Waals surface area contributed by atoms with Crippen molar-refractivity contribution >= 4 is 32.9 Å². The molecule has 1 N–H and O–H groups in total. The lowest BCUT2D eigenvalue weighted by Gasteiger charge is -2.12. The average Bonchev–Trinajstić information content (AvgIpc) is 3.20. The molecule has 0 saturated carbocycles. The fraction of sp³-hybridized carbons (Fsp3) is 0.182. The predicted molar refractivity (Wildman–Crippen MR) is 119 cm³/mol. The minimum atomic E-state index is -4.63. The molecule has 1 amide bonds. The fourth-order valence-corrected chi connectivity index (χ4v) is 3.62. The largest absolute Gasteiger partial charge is 0.417 e. The number of carbonyl (C=O) groups excluding carboxylic acids is 1. The maximum atomic E-state index is 13.1. The Hall–Kier alpha value is -3.47. The van der Waals surface area contributed by atoms with Crippen LogP contribution < -0.4 is 10.9 Å². The third-order valence-electron chi connectivity index (χ3n) is 4.97. The first kappa shape index (κ1) is 22.7. The minimum Gasteiger partial charge on any atom is -0.350 e. The summed E-state index contributed by atoms with van der Waals surface area (Å²) in [5.74, 6) is -0.843. The SMILES string of the molecule is O=C(NCCn1ncc2c(=O)n(Cc3ccc(Br)cc3)cnc21)c1ccccc1C(F)(F)F. The van der Waals surface area contributed by atoms with E-state index < -0.39 is 23.2 Å². The van der Waals surface area contributed by atoms with Crippen LogP contribution in [0, 0.1) is 0 Å². The van der Waals surface area contributed by atoms with E-state index in [-0.39, 0.29) is 18.6 Å². The number of hydrogen-bond donors (Lipinski definition) is 1. The Kier molecular flexibility index (Phi) is 6.32. The molecule has 7 nitrogen and oxygen atoms in total. The molecule has 2 aromatic carbocycles. The molecular formula is C22H17BrF3N5O2. The van der Waals surface area contributed by atoms with Crippen LogP contribution in [0.2, 0.25) is 0 Å². The topological polar surface area (TPSA) is 81.8 Å². The molecule has 2 aromatic heterocycles. The zero-order valence-corrected chi connectivity index (χ0v) is 18.6. The second-order valence-electron chi connectivity index (χ2n) is 7.21. The first-order chi connectivity index (χ1) is 15.7. The third kappa shape index (κ3) is 4.98. The number of aromatic nitrogens is 4. The molecule has 170 valence electrons. The van der Waals surface area contributed by atoms with Gasteiger partial charge in [0.05, 0.1) is 30.4 Å². The summed E-state index contributed by atoms with van der Waals surface area (Å²) in [5, 5.41) is 6.92. The number of hydrogen-bond acceptors (Lipinski definition) is 4. The van der Waals surface area contributed by atoms with Crippen molar-refractivity contribution in [1.29, 1.82) is 0 Å². The van der Waals surface area contributed by atoms with Crippen molar-refractivity contribution in [3.63, 3.8) is 0 Å². The van der Waals surface area contributed by atoms with Crippen molar-refractivity contribution in [3.05, 3.63) is 92.6 Å². The average molecular weight is 520 g/mol. The number of nitrogens with one attached hydrogen (secondary N) is 1. The fourth-order valence-electron chi connectivity index (χ4n) is 3.36. The summed E-state index contributed by atoms with van der Waals surface area (Å²) in [6.07, 6.45) is -1.82. The molecule has 0 unspecified atom stereocenters. The van der Waals surface area contributed by atoms with Crippen LogP contribution in [-0.2, 0) is 19.3 Å². The zero-order chi connectivity index (χ0) is 23.6. The number of benzene rings is 2. The van der Waals surface area contributed by atoms with Gasteiger partial charge in [-0.25, -0.2) is 9.67 Å². The summed E-state index contributed by atoms with van der Waals surface area (Å²) in [5.41, 5.74) is -0.464. The monoisotopic (exact) mass is 519 g/mol. The van der Waals surface area contributed by atoms with Crippen LogP contribution in [0.3, 0.4) is 0 Å². The lowest BCUT2D eigenvalue weighted by Crippen LogP contribution is -2.29. The quantitative estimate of drug-likeness (QED) is 0.419. The maximum Gasteiger partial charge on any atom is 0.417 e. The smallest absolute Gasteiger partial charge is 0.350 e. The number of alkyl halides is 3. The standard InChI is InChI=1S/C22H17BrF3N5O2/c23-15-7-5-14(6-8-15)12-30-13-28-19-17(21(30)33)11-29-31(19)10-9-27-20(32)16-3-1-2-4-18(16)22(24,25)26/h1-8,11,13H,9-10,12H2,(H,27,32). The highest BCUT2D eigenvalue weighted by Gasteiger charge is 2.34. The Morgan fingerprint density at radius 1 is 1.09 bits per heavy atom. The molecule has 0 fully saturated rings. The Morgan fingerprint density at radius 3 is 2.55 bits per heavy atom. The highest BCUT2D eigenvalue weighted by molar-refractivity contribution is 9.10. The summed E-state index contributed by atoms with van der Waals surface area (Å²) in [7, 11) is 0. The summed E-state index contributed by atoms with van der Waals surface area (Å²) >= 11 is 3.37. The second kappa shape index (κ2) is 9.18. The highest BCUT2D eigenvalue weighted by Crippen LogP contribution is 2.31. The summed E-state index contributed by atoms with van der Waals surface area (Å²) < 4.78 is 43.2. The number of fused-ring (bicyclic) bond motifs is 1. The molecule has 0 radical (unpaired) electrons. The Bertz CT molecular complexity index is 1360. The van der Waals surface area contributed by atoms with Crippen molar-refractivity contribution in [2.24, 2.45) is 0 Å². The molecule has 4 aromatic rings. The Labute approximate surface area is 194 Å². The minimum absolute atomic E-state index is 0.00542. The molecule has 0 bridgehead atoms. The van der Waals surface area contributed by atoms with Crippen LogP contribution in [-0.4, -0.2) is 31.8 Å². The van der Waals surface area contributed by atoms with Gasteiger partial charge >= 0.3 is 6.18 Å². The molecule has 4 rings (SSSR count). The van der Waals surface area contributed by atoms with Gasteiger partial charge in [0.1, 0.15) is 11.7 Å². The normalized spacial score (nSPS) is 11.6. The zero-order valence-electron chi connectivity index (χ0n) is 17.0. The van der Waals surface area contributed by atoms with Crippen LogP contribution in [0.4, 0.5) is 13.2 Å². The van der Waals surface area contributed by atoms with E-state index in [1.807, 2.05) is 24.3 Å². The summed E-state index contributed by atoms with van der Waals surface area (Å²) in [6, 6.07) is 12.1. The molecular weight excluding hydrogens is 503 g/mol. The Balaban J connectivity index is 1.46. The van der Waals surface area contributed by atoms with Crippen molar-refractivity contribution < 1.29 is 18.0 Å². The molecule has 33 heavy (non-hydrogen) atoms. The van der Waals surface area contributed by atoms with Gasteiger partial charge in [-0.1, -0.05) is 40.2 Å². The van der Waals surface area contributed by atoms with Crippen LogP contribution in [0.25, 0.3) is 11.0 Å². The van der Waals surface area contributed by atoms with E-state index in [4.69, 9.17) is 0 Å². The van der Waals surface area contributed by atoms with Crippen LogP contribution in [0.15, 0.2) is 70.3 Å². The van der Waals surface area contributed by atoms with Gasteiger partial charge in [-0.15, -0.1) is 0 Å². The van der Waals surface area contributed by atoms with Crippen molar-refractivity contribution in [2.75, 3.05) is 6.54 Å². The van der Waals surface area contributed by atoms with E-state index in [1.165, 1.54) is 33.9 Å². The predicted octanol–water partition coefficient (Wildman–Crippen LogP) is 3.85. The van der Waals surface area contributed by atoms with Gasteiger partial charge in [0.2, 0.25) is 0 Å². The first-order valence-electron chi connectivity index (χ1n) is 9.84. The van der Waals surface area contributed by atoms with E-state index in [0.717, 1.165) is 22.2 Å². The number of nitrogens with zero attached hydrogens (tertiary/aromatic N) is 4. The van der Waals surface area contributed by atoms with E-state index in [2.05, 4.69) is 31.3 Å². The van der Waals surface area contributed by atoms with Crippen LogP contribution >= 0.6 is 15.9 Å².